The zero-order valence-electron chi connectivity index (χ0n) is 24.2. The van der Waals surface area contributed by atoms with Gasteiger partial charge in [-0.2, -0.15) is 5.21 Å². The zero-order chi connectivity index (χ0) is 31.1. The Morgan fingerprint density at radius 1 is 1.04 bits per heavy atom. The van der Waals surface area contributed by atoms with Crippen molar-refractivity contribution >= 4 is 34.4 Å². The lowest BCUT2D eigenvalue weighted by Crippen LogP contribution is -2.41. The number of nitrogens with zero attached hydrogens (tertiary/aromatic N) is 6. The predicted octanol–water partition coefficient (Wildman–Crippen LogP) is 1.49. The smallest absolute Gasteiger partial charge is 0.270 e. The first-order chi connectivity index (χ1) is 21.9. The number of fused-ring (bicyclic) bond motifs is 2. The van der Waals surface area contributed by atoms with E-state index < -0.39 is 16.8 Å². The van der Waals surface area contributed by atoms with Crippen LogP contribution in [0.25, 0.3) is 5.57 Å². The summed E-state index contributed by atoms with van der Waals surface area (Å²) in [6.07, 6.45) is 10.3. The largest absolute Gasteiger partial charge is 0.394 e. The molecule has 2 amide bonds. The SMILES string of the molecule is Nc1c(N2CCCCc3ccc(CNC(=O)c4cc(C(=O)N[C@H]5CCC6=CC(c7nn[nH]n7)=CCC65)ncn4)cc32)c(=O)c1=O. The van der Waals surface area contributed by atoms with Crippen LogP contribution in [0.4, 0.5) is 17.1 Å². The number of benzene rings is 1. The third kappa shape index (κ3) is 5.28. The first kappa shape index (κ1) is 28.3. The summed E-state index contributed by atoms with van der Waals surface area (Å²) in [4.78, 5) is 60.3. The number of carbonyl (C=O) groups excluding carboxylic acids is 2. The predicted molar refractivity (Wildman–Crippen MR) is 164 cm³/mol. The van der Waals surface area contributed by atoms with Crippen molar-refractivity contribution in [2.75, 3.05) is 17.2 Å². The van der Waals surface area contributed by atoms with Crippen molar-refractivity contribution in [3.63, 3.8) is 0 Å². The summed E-state index contributed by atoms with van der Waals surface area (Å²) < 4.78 is 0. The first-order valence-electron chi connectivity index (χ1n) is 14.9. The Kier molecular flexibility index (Phi) is 7.23. The normalized spacial score (nSPS) is 19.2. The van der Waals surface area contributed by atoms with Gasteiger partial charge in [0.15, 0.2) is 0 Å². The number of hydrogen-bond donors (Lipinski definition) is 4. The summed E-state index contributed by atoms with van der Waals surface area (Å²) in [6, 6.07) is 7.13. The molecule has 2 aromatic carbocycles. The molecule has 1 saturated carbocycles. The van der Waals surface area contributed by atoms with Crippen LogP contribution in [0.1, 0.15) is 70.0 Å². The molecule has 228 valence electrons. The van der Waals surface area contributed by atoms with Crippen LogP contribution in [0.5, 0.6) is 0 Å². The molecule has 3 heterocycles. The second-order valence-corrected chi connectivity index (χ2v) is 11.5. The zero-order valence-corrected chi connectivity index (χ0v) is 24.2. The van der Waals surface area contributed by atoms with Crippen LogP contribution >= 0.6 is 0 Å². The highest BCUT2D eigenvalue weighted by Gasteiger charge is 2.34. The molecule has 14 heteroatoms. The minimum Gasteiger partial charge on any atom is -0.394 e. The Hall–Kier alpha value is -5.53. The summed E-state index contributed by atoms with van der Waals surface area (Å²) in [5.74, 6) is -0.104. The van der Waals surface area contributed by atoms with Crippen LogP contribution in [-0.4, -0.2) is 55.0 Å². The number of amides is 2. The van der Waals surface area contributed by atoms with E-state index in [1.165, 1.54) is 18.0 Å². The number of H-pyrrole nitrogens is 1. The number of nitrogens with two attached hydrogens (primary N) is 1. The minimum atomic E-state index is -0.649. The molecule has 4 aromatic rings. The summed E-state index contributed by atoms with van der Waals surface area (Å²) in [5.41, 5.74) is 9.89. The number of hydrogen-bond acceptors (Lipinski definition) is 11. The van der Waals surface area contributed by atoms with Crippen LogP contribution in [0.3, 0.4) is 0 Å². The molecule has 2 atom stereocenters. The number of anilines is 3. The standard InChI is InChI=1S/C31H30N10O4/c32-25-26(28(43)27(25)42)41-10-2-1-3-17-5-4-16(11-24(17)41)14-33-30(44)22-13-23(35-15-34-22)31(45)36-21-9-7-18-12-19(6-8-20(18)21)29-37-39-40-38-29/h4-6,11-13,15,20-21H,1-3,7-10,14,32H2,(H,33,44)(H,36,45)(H,37,38,39,40)/t20?,21-/m0/s1. The Morgan fingerprint density at radius 3 is 2.69 bits per heavy atom. The third-order valence-electron chi connectivity index (χ3n) is 8.85. The average molecular weight is 607 g/mol. The van der Waals surface area contributed by atoms with E-state index in [9.17, 15) is 19.2 Å². The molecule has 0 saturated heterocycles. The van der Waals surface area contributed by atoms with Crippen LogP contribution in [0, 0.1) is 5.92 Å². The van der Waals surface area contributed by atoms with Crippen molar-refractivity contribution in [1.29, 1.82) is 0 Å². The lowest BCUT2D eigenvalue weighted by molar-refractivity contribution is 0.0924. The van der Waals surface area contributed by atoms with E-state index in [4.69, 9.17) is 5.73 Å². The van der Waals surface area contributed by atoms with Gasteiger partial charge in [0.25, 0.3) is 22.7 Å². The Bertz CT molecular complexity index is 1940. The first-order valence-corrected chi connectivity index (χ1v) is 14.9. The van der Waals surface area contributed by atoms with E-state index in [1.54, 1.807) is 0 Å². The maximum atomic E-state index is 13.2. The van der Waals surface area contributed by atoms with Crippen molar-refractivity contribution in [2.45, 2.75) is 51.1 Å². The van der Waals surface area contributed by atoms with Crippen LogP contribution in [0.2, 0.25) is 0 Å². The maximum absolute atomic E-state index is 13.2. The van der Waals surface area contributed by atoms with E-state index in [1.807, 2.05) is 23.1 Å². The molecule has 2 aromatic heterocycles. The average Bonchev–Trinajstić information content (AvgIpc) is 3.71. The molecule has 1 fully saturated rings. The fraction of sp³-hybridized carbons (Fsp3) is 0.323. The number of nitrogens with one attached hydrogen (secondary N) is 3. The molecule has 3 aliphatic rings. The van der Waals surface area contributed by atoms with Gasteiger partial charge in [-0.05, 0) is 60.9 Å². The maximum Gasteiger partial charge on any atom is 0.270 e. The van der Waals surface area contributed by atoms with Gasteiger partial charge in [-0.15, -0.1) is 10.2 Å². The Labute approximate surface area is 256 Å². The molecule has 0 radical (unpaired) electrons. The summed E-state index contributed by atoms with van der Waals surface area (Å²) in [5, 5.41) is 20.1. The van der Waals surface area contributed by atoms with E-state index in [0.717, 1.165) is 60.9 Å². The van der Waals surface area contributed by atoms with Gasteiger partial charge in [-0.3, -0.25) is 19.2 Å². The van der Waals surface area contributed by atoms with Crippen molar-refractivity contribution in [2.24, 2.45) is 5.92 Å². The highest BCUT2D eigenvalue weighted by molar-refractivity contribution is 5.97. The molecule has 7 rings (SSSR count). The van der Waals surface area contributed by atoms with Gasteiger partial charge in [-0.1, -0.05) is 29.9 Å². The van der Waals surface area contributed by atoms with Gasteiger partial charge >= 0.3 is 0 Å². The molecule has 5 N–H and O–H groups in total. The third-order valence-corrected chi connectivity index (χ3v) is 8.85. The van der Waals surface area contributed by atoms with Gasteiger partial charge in [0.05, 0.1) is 0 Å². The molecule has 45 heavy (non-hydrogen) atoms. The summed E-state index contributed by atoms with van der Waals surface area (Å²) in [7, 11) is 0. The molecule has 0 spiro atoms. The van der Waals surface area contributed by atoms with Crippen molar-refractivity contribution in [3.8, 4) is 0 Å². The van der Waals surface area contributed by atoms with Crippen LogP contribution in [0.15, 0.2) is 57.9 Å². The van der Waals surface area contributed by atoms with Gasteiger partial charge in [0.2, 0.25) is 5.82 Å². The van der Waals surface area contributed by atoms with Crippen molar-refractivity contribution in [3.05, 3.63) is 97.1 Å². The topological polar surface area (TPSA) is 202 Å². The molecular formula is C31H30N10O4. The molecule has 1 unspecified atom stereocenters. The number of allylic oxidation sites excluding steroid dienone is 3. The monoisotopic (exact) mass is 606 g/mol. The molecule has 0 bridgehead atoms. The molecule has 14 nitrogen and oxygen atoms in total. The van der Waals surface area contributed by atoms with Gasteiger partial charge in [0, 0.05) is 42.4 Å². The van der Waals surface area contributed by atoms with Gasteiger partial charge in [0.1, 0.15) is 29.1 Å². The second kappa shape index (κ2) is 11.5. The number of aromatic nitrogens is 6. The molecular weight excluding hydrogens is 576 g/mol. The number of aryl methyl sites for hydroxylation is 1. The highest BCUT2D eigenvalue weighted by atomic mass is 16.2. The highest BCUT2D eigenvalue weighted by Crippen LogP contribution is 2.39. The Balaban J connectivity index is 1.00. The fourth-order valence-electron chi connectivity index (χ4n) is 6.49. The van der Waals surface area contributed by atoms with Crippen molar-refractivity contribution in [1.82, 2.24) is 41.2 Å². The lowest BCUT2D eigenvalue weighted by Gasteiger charge is -2.27. The van der Waals surface area contributed by atoms with Crippen molar-refractivity contribution < 1.29 is 9.59 Å². The molecule has 2 aliphatic carbocycles. The summed E-state index contributed by atoms with van der Waals surface area (Å²) >= 11 is 0. The van der Waals surface area contributed by atoms with E-state index >= 15 is 0 Å². The van der Waals surface area contributed by atoms with E-state index in [0.29, 0.717) is 12.4 Å². The number of rotatable bonds is 7. The number of nitrogen functional groups attached to an aromatic ring is 1. The van der Waals surface area contributed by atoms with Gasteiger partial charge in [-0.25, -0.2) is 9.97 Å². The fourth-order valence-corrected chi connectivity index (χ4v) is 6.49. The van der Waals surface area contributed by atoms with E-state index in [2.05, 4.69) is 53.4 Å². The van der Waals surface area contributed by atoms with Crippen LogP contribution < -0.4 is 32.1 Å². The lowest BCUT2D eigenvalue weighted by atomic mass is 9.88. The number of aromatic amines is 1. The van der Waals surface area contributed by atoms with Gasteiger partial charge < -0.3 is 21.3 Å². The number of carbonyl (C=O) groups is 2. The quantitative estimate of drug-likeness (QED) is 0.222. The Morgan fingerprint density at radius 2 is 1.89 bits per heavy atom. The summed E-state index contributed by atoms with van der Waals surface area (Å²) in [6.45, 7) is 0.756. The van der Waals surface area contributed by atoms with E-state index in [-0.39, 0.29) is 47.2 Å². The minimum absolute atomic E-state index is 0.00907. The number of tetrazole rings is 1. The second-order valence-electron chi connectivity index (χ2n) is 11.5. The molecule has 1 aliphatic heterocycles. The van der Waals surface area contributed by atoms with Crippen LogP contribution in [-0.2, 0) is 13.0 Å².